The van der Waals surface area contributed by atoms with Crippen molar-refractivity contribution in [3.8, 4) is 11.5 Å². The number of nitrogens with one attached hydrogen (secondary N) is 2. The van der Waals surface area contributed by atoms with Crippen molar-refractivity contribution in [3.63, 3.8) is 0 Å². The van der Waals surface area contributed by atoms with Crippen molar-refractivity contribution in [1.29, 1.82) is 0 Å². The molecule has 2 rings (SSSR count). The third-order valence-corrected chi connectivity index (χ3v) is 3.96. The van der Waals surface area contributed by atoms with Crippen molar-refractivity contribution in [1.82, 2.24) is 10.6 Å². The molecule has 140 valence electrons. The molecule has 0 saturated heterocycles. The van der Waals surface area contributed by atoms with E-state index < -0.39 is 0 Å². The van der Waals surface area contributed by atoms with Gasteiger partial charge >= 0.3 is 0 Å². The number of hydrogen-bond acceptors (Lipinski definition) is 4. The van der Waals surface area contributed by atoms with Crippen LogP contribution in [0.5, 0.6) is 11.5 Å². The van der Waals surface area contributed by atoms with Gasteiger partial charge in [0.05, 0.1) is 27.4 Å². The van der Waals surface area contributed by atoms with Gasteiger partial charge in [-0.2, -0.15) is 0 Å². The Morgan fingerprint density at radius 3 is 2.72 bits per heavy atom. The molecular weight excluding hydrogens is 433 g/mol. The first kappa shape index (κ1) is 21.6. The topological polar surface area (TPSA) is 64.1 Å². The van der Waals surface area contributed by atoms with Gasteiger partial charge in [0, 0.05) is 31.8 Å². The van der Waals surface area contributed by atoms with E-state index in [0.717, 1.165) is 55.6 Å². The minimum Gasteiger partial charge on any atom is -0.497 e. The average molecular weight is 461 g/mol. The second-order valence-electron chi connectivity index (χ2n) is 5.47. The molecule has 1 aliphatic heterocycles. The number of rotatable bonds is 7. The van der Waals surface area contributed by atoms with Gasteiger partial charge < -0.3 is 24.8 Å². The molecule has 0 atom stereocenters. The number of methoxy groups -OCH3 is 2. The summed E-state index contributed by atoms with van der Waals surface area (Å²) in [6.07, 6.45) is 4.20. The molecule has 1 aromatic carbocycles. The Bertz CT molecular complexity index is 591. The van der Waals surface area contributed by atoms with Crippen molar-refractivity contribution in [2.75, 3.05) is 41.0 Å². The molecule has 1 aliphatic rings. The van der Waals surface area contributed by atoms with Gasteiger partial charge in [0.15, 0.2) is 5.96 Å². The Balaban J connectivity index is 0.00000312. The molecule has 0 unspecified atom stereocenters. The van der Waals surface area contributed by atoms with Gasteiger partial charge in [-0.3, -0.25) is 4.99 Å². The minimum atomic E-state index is 0. The molecule has 0 fully saturated rings. The van der Waals surface area contributed by atoms with Crippen molar-refractivity contribution in [2.24, 2.45) is 4.99 Å². The van der Waals surface area contributed by atoms with Crippen LogP contribution in [0.1, 0.15) is 18.4 Å². The second kappa shape index (κ2) is 12.0. The van der Waals surface area contributed by atoms with Gasteiger partial charge in [-0.05, 0) is 25.0 Å². The molecule has 0 bridgehead atoms. The molecule has 0 aromatic heterocycles. The van der Waals surface area contributed by atoms with Crippen molar-refractivity contribution >= 4 is 29.9 Å². The first-order valence-electron chi connectivity index (χ1n) is 8.18. The van der Waals surface area contributed by atoms with Crippen LogP contribution in [0.3, 0.4) is 0 Å². The summed E-state index contributed by atoms with van der Waals surface area (Å²) in [6.45, 7) is 3.05. The molecule has 7 heteroatoms. The maximum atomic E-state index is 5.41. The molecular formula is C18H28IN3O3. The normalized spacial score (nSPS) is 14.2. The van der Waals surface area contributed by atoms with Gasteiger partial charge in [-0.25, -0.2) is 0 Å². The number of ether oxygens (including phenoxy) is 3. The second-order valence-corrected chi connectivity index (χ2v) is 5.47. The molecule has 2 N–H and O–H groups in total. The highest BCUT2D eigenvalue weighted by Gasteiger charge is 2.07. The van der Waals surface area contributed by atoms with Crippen LogP contribution in [0.4, 0.5) is 0 Å². The summed E-state index contributed by atoms with van der Waals surface area (Å²) in [7, 11) is 5.08. The summed E-state index contributed by atoms with van der Waals surface area (Å²) in [4.78, 5) is 4.26. The van der Waals surface area contributed by atoms with Gasteiger partial charge in [-0.15, -0.1) is 24.0 Å². The van der Waals surface area contributed by atoms with Crippen LogP contribution in [0, 0.1) is 0 Å². The Hall–Kier alpha value is -1.48. The predicted octanol–water partition coefficient (Wildman–Crippen LogP) is 2.72. The fourth-order valence-corrected chi connectivity index (χ4v) is 2.53. The van der Waals surface area contributed by atoms with Crippen LogP contribution in [-0.4, -0.2) is 47.0 Å². The maximum Gasteiger partial charge on any atom is 0.191 e. The van der Waals surface area contributed by atoms with Crippen LogP contribution in [-0.2, 0) is 11.3 Å². The van der Waals surface area contributed by atoms with Crippen LogP contribution in [0.2, 0.25) is 0 Å². The SMILES string of the molecule is CN=C(NCCC1=CCOCC1)NCc1ccc(OC)cc1OC.I. The van der Waals surface area contributed by atoms with Crippen molar-refractivity contribution in [2.45, 2.75) is 19.4 Å². The van der Waals surface area contributed by atoms with Crippen LogP contribution >= 0.6 is 24.0 Å². The lowest BCUT2D eigenvalue weighted by Gasteiger charge is -2.16. The fraction of sp³-hybridized carbons (Fsp3) is 0.500. The smallest absolute Gasteiger partial charge is 0.191 e. The predicted molar refractivity (Wildman–Crippen MR) is 111 cm³/mol. The standard InChI is InChI=1S/C18H27N3O3.HI/c1-19-18(20-9-6-14-7-10-24-11-8-14)21-13-15-4-5-16(22-2)12-17(15)23-3;/h4-5,7,12H,6,8-11,13H2,1-3H3,(H2,19,20,21);1H. The van der Waals surface area contributed by atoms with Crippen molar-refractivity contribution in [3.05, 3.63) is 35.4 Å². The van der Waals surface area contributed by atoms with E-state index in [1.54, 1.807) is 21.3 Å². The molecule has 1 heterocycles. The molecule has 0 spiro atoms. The zero-order chi connectivity index (χ0) is 17.2. The molecule has 25 heavy (non-hydrogen) atoms. The Morgan fingerprint density at radius 2 is 2.08 bits per heavy atom. The van der Waals surface area contributed by atoms with Gasteiger partial charge in [0.1, 0.15) is 11.5 Å². The zero-order valence-electron chi connectivity index (χ0n) is 15.1. The average Bonchev–Trinajstić information content (AvgIpc) is 2.65. The minimum absolute atomic E-state index is 0. The van der Waals surface area contributed by atoms with Gasteiger partial charge in [0.2, 0.25) is 0 Å². The number of halogens is 1. The fourth-order valence-electron chi connectivity index (χ4n) is 2.53. The Labute approximate surface area is 167 Å². The third-order valence-electron chi connectivity index (χ3n) is 3.96. The van der Waals surface area contributed by atoms with Crippen LogP contribution in [0.15, 0.2) is 34.8 Å². The quantitative estimate of drug-likeness (QED) is 0.283. The number of nitrogens with zero attached hydrogens (tertiary/aromatic N) is 1. The highest BCUT2D eigenvalue weighted by molar-refractivity contribution is 14.0. The molecule has 0 aliphatic carbocycles. The van der Waals surface area contributed by atoms with E-state index in [1.165, 1.54) is 5.57 Å². The summed E-state index contributed by atoms with van der Waals surface area (Å²) < 4.78 is 16.0. The third kappa shape index (κ3) is 7.11. The lowest BCUT2D eigenvalue weighted by Crippen LogP contribution is -2.37. The van der Waals surface area contributed by atoms with E-state index in [-0.39, 0.29) is 24.0 Å². The largest absolute Gasteiger partial charge is 0.497 e. The van der Waals surface area contributed by atoms with E-state index in [9.17, 15) is 0 Å². The highest BCUT2D eigenvalue weighted by Crippen LogP contribution is 2.24. The Morgan fingerprint density at radius 1 is 1.24 bits per heavy atom. The summed E-state index contributed by atoms with van der Waals surface area (Å²) in [5.41, 5.74) is 2.49. The molecule has 0 radical (unpaired) electrons. The monoisotopic (exact) mass is 461 g/mol. The molecule has 0 saturated carbocycles. The van der Waals surface area contributed by atoms with Crippen molar-refractivity contribution < 1.29 is 14.2 Å². The number of aliphatic imine (C=N–C) groups is 1. The van der Waals surface area contributed by atoms with E-state index >= 15 is 0 Å². The van der Waals surface area contributed by atoms with Gasteiger partial charge in [0.25, 0.3) is 0 Å². The molecule has 1 aromatic rings. The number of guanidine groups is 1. The lowest BCUT2D eigenvalue weighted by molar-refractivity contribution is 0.153. The Kier molecular flexibility index (Phi) is 10.3. The van der Waals surface area contributed by atoms with E-state index in [2.05, 4.69) is 21.7 Å². The first-order valence-corrected chi connectivity index (χ1v) is 8.18. The molecule has 0 amide bonds. The summed E-state index contributed by atoms with van der Waals surface area (Å²) in [5.74, 6) is 2.35. The summed E-state index contributed by atoms with van der Waals surface area (Å²) in [6, 6.07) is 5.79. The van der Waals surface area contributed by atoms with E-state index in [0.29, 0.717) is 6.54 Å². The lowest BCUT2D eigenvalue weighted by atomic mass is 10.1. The highest BCUT2D eigenvalue weighted by atomic mass is 127. The van der Waals surface area contributed by atoms with E-state index in [1.807, 2.05) is 18.2 Å². The molecule has 6 nitrogen and oxygen atoms in total. The number of benzene rings is 1. The summed E-state index contributed by atoms with van der Waals surface area (Å²) in [5, 5.41) is 6.65. The zero-order valence-corrected chi connectivity index (χ0v) is 17.5. The van der Waals surface area contributed by atoms with Gasteiger partial charge in [-0.1, -0.05) is 11.6 Å². The maximum absolute atomic E-state index is 5.41. The van der Waals surface area contributed by atoms with Crippen LogP contribution in [0.25, 0.3) is 0 Å². The first-order chi connectivity index (χ1) is 11.8. The number of hydrogen-bond donors (Lipinski definition) is 2. The van der Waals surface area contributed by atoms with Crippen LogP contribution < -0.4 is 20.1 Å². The van der Waals surface area contributed by atoms with E-state index in [4.69, 9.17) is 14.2 Å². The summed E-state index contributed by atoms with van der Waals surface area (Å²) >= 11 is 0.